The monoisotopic (exact) mass is 352 g/mol. The van der Waals surface area contributed by atoms with Crippen LogP contribution in [0.4, 0.5) is 5.82 Å². The highest BCUT2D eigenvalue weighted by Crippen LogP contribution is 2.28. The molecule has 0 radical (unpaired) electrons. The van der Waals surface area contributed by atoms with Gasteiger partial charge in [0.1, 0.15) is 10.7 Å². The number of nitrogens with zero attached hydrogens (tertiary/aromatic N) is 2. The molecule has 2 heterocycles. The second-order valence-electron chi connectivity index (χ2n) is 5.76. The van der Waals surface area contributed by atoms with E-state index in [4.69, 9.17) is 0 Å². The molecule has 0 atom stereocenters. The highest BCUT2D eigenvalue weighted by molar-refractivity contribution is 7.89. The van der Waals surface area contributed by atoms with Crippen molar-refractivity contribution in [1.82, 2.24) is 14.7 Å². The van der Waals surface area contributed by atoms with E-state index in [2.05, 4.69) is 20.0 Å². The van der Waals surface area contributed by atoms with Gasteiger partial charge in [-0.15, -0.1) is 11.3 Å². The van der Waals surface area contributed by atoms with E-state index in [0.29, 0.717) is 24.8 Å². The zero-order valence-corrected chi connectivity index (χ0v) is 14.8. The Morgan fingerprint density at radius 2 is 2.09 bits per heavy atom. The molecule has 0 aromatic carbocycles. The summed E-state index contributed by atoms with van der Waals surface area (Å²) in [5.74, 6) is 1.14. The molecule has 0 amide bonds. The minimum atomic E-state index is -3.45. The Kier molecular flexibility index (Phi) is 4.65. The second-order valence-corrected chi connectivity index (χ2v) is 8.94. The van der Waals surface area contributed by atoms with Gasteiger partial charge in [-0.25, -0.2) is 23.1 Å². The Hall–Kier alpha value is -1.51. The fourth-order valence-electron chi connectivity index (χ4n) is 2.19. The second kappa shape index (κ2) is 6.54. The van der Waals surface area contributed by atoms with Gasteiger partial charge in [-0.05, 0) is 44.7 Å². The Labute approximate surface area is 140 Å². The first kappa shape index (κ1) is 16.4. The van der Waals surface area contributed by atoms with Crippen LogP contribution in [0.15, 0.2) is 23.2 Å². The molecule has 1 saturated carbocycles. The third-order valence-electron chi connectivity index (χ3n) is 3.74. The SMILES string of the molecule is Cc1nc(CNc2ccc(S(=O)(=O)NCC3CC3)cn2)c(C)s1. The van der Waals surface area contributed by atoms with E-state index >= 15 is 0 Å². The molecule has 1 fully saturated rings. The molecule has 124 valence electrons. The van der Waals surface area contributed by atoms with E-state index < -0.39 is 10.0 Å². The molecule has 23 heavy (non-hydrogen) atoms. The number of nitrogens with one attached hydrogen (secondary N) is 2. The Morgan fingerprint density at radius 1 is 1.30 bits per heavy atom. The number of anilines is 1. The first-order chi connectivity index (χ1) is 10.9. The van der Waals surface area contributed by atoms with Gasteiger partial charge in [-0.3, -0.25) is 0 Å². The zero-order chi connectivity index (χ0) is 16.4. The summed E-state index contributed by atoms with van der Waals surface area (Å²) >= 11 is 1.66. The van der Waals surface area contributed by atoms with Crippen LogP contribution in [-0.2, 0) is 16.6 Å². The van der Waals surface area contributed by atoms with Gasteiger partial charge in [-0.1, -0.05) is 0 Å². The summed E-state index contributed by atoms with van der Waals surface area (Å²) in [5, 5.41) is 4.21. The average Bonchev–Trinajstić information content (AvgIpc) is 3.29. The maximum absolute atomic E-state index is 12.1. The summed E-state index contributed by atoms with van der Waals surface area (Å²) in [4.78, 5) is 10.0. The molecule has 0 bridgehead atoms. The summed E-state index contributed by atoms with van der Waals surface area (Å²) in [5.41, 5.74) is 0.997. The first-order valence-corrected chi connectivity index (χ1v) is 9.86. The summed E-state index contributed by atoms with van der Waals surface area (Å²) in [7, 11) is -3.45. The van der Waals surface area contributed by atoms with Crippen LogP contribution < -0.4 is 10.0 Å². The van der Waals surface area contributed by atoms with Crippen molar-refractivity contribution >= 4 is 27.2 Å². The Morgan fingerprint density at radius 3 is 2.65 bits per heavy atom. The van der Waals surface area contributed by atoms with Crippen LogP contribution in [-0.4, -0.2) is 24.9 Å². The fourth-order valence-corrected chi connectivity index (χ4v) is 4.08. The molecule has 6 nitrogen and oxygen atoms in total. The lowest BCUT2D eigenvalue weighted by molar-refractivity contribution is 0.577. The molecule has 0 unspecified atom stereocenters. The van der Waals surface area contributed by atoms with E-state index in [1.54, 1.807) is 23.5 Å². The molecular weight excluding hydrogens is 332 g/mol. The zero-order valence-electron chi connectivity index (χ0n) is 13.2. The predicted octanol–water partition coefficient (Wildman–Crippen LogP) is 2.46. The quantitative estimate of drug-likeness (QED) is 0.800. The van der Waals surface area contributed by atoms with E-state index in [1.165, 1.54) is 11.1 Å². The van der Waals surface area contributed by atoms with Crippen molar-refractivity contribution in [1.29, 1.82) is 0 Å². The van der Waals surface area contributed by atoms with Crippen molar-refractivity contribution in [3.8, 4) is 0 Å². The number of pyridine rings is 1. The van der Waals surface area contributed by atoms with Crippen LogP contribution in [0.1, 0.15) is 28.4 Å². The summed E-state index contributed by atoms with van der Waals surface area (Å²) in [6, 6.07) is 3.25. The summed E-state index contributed by atoms with van der Waals surface area (Å²) in [6.07, 6.45) is 3.61. The van der Waals surface area contributed by atoms with Crippen molar-refractivity contribution in [3.63, 3.8) is 0 Å². The van der Waals surface area contributed by atoms with Crippen LogP contribution >= 0.6 is 11.3 Å². The first-order valence-electron chi connectivity index (χ1n) is 7.56. The highest BCUT2D eigenvalue weighted by Gasteiger charge is 2.24. The van der Waals surface area contributed by atoms with Gasteiger partial charge in [0.2, 0.25) is 10.0 Å². The molecule has 1 aliphatic rings. The number of hydrogen-bond acceptors (Lipinski definition) is 6. The van der Waals surface area contributed by atoms with Gasteiger partial charge in [0.05, 0.1) is 17.2 Å². The lowest BCUT2D eigenvalue weighted by Gasteiger charge is -2.08. The number of thiazole rings is 1. The molecule has 2 aromatic rings. The largest absolute Gasteiger partial charge is 0.364 e. The molecule has 2 N–H and O–H groups in total. The molecule has 8 heteroatoms. The third kappa shape index (κ3) is 4.27. The highest BCUT2D eigenvalue weighted by atomic mass is 32.2. The molecule has 0 saturated heterocycles. The van der Waals surface area contributed by atoms with E-state index in [1.807, 2.05) is 13.8 Å². The molecule has 3 rings (SSSR count). The van der Waals surface area contributed by atoms with E-state index in [0.717, 1.165) is 23.5 Å². The average molecular weight is 352 g/mol. The lowest BCUT2D eigenvalue weighted by atomic mass is 10.3. The smallest absolute Gasteiger partial charge is 0.242 e. The van der Waals surface area contributed by atoms with Gasteiger partial charge in [0.25, 0.3) is 0 Å². The molecule has 1 aliphatic carbocycles. The number of aromatic nitrogens is 2. The number of rotatable bonds is 7. The van der Waals surface area contributed by atoms with Crippen LogP contribution in [0.5, 0.6) is 0 Å². The van der Waals surface area contributed by atoms with Gasteiger partial charge < -0.3 is 5.32 Å². The normalized spacial score (nSPS) is 14.9. The maximum atomic E-state index is 12.1. The number of aryl methyl sites for hydroxylation is 2. The van der Waals surface area contributed by atoms with Crippen molar-refractivity contribution in [2.45, 2.75) is 38.1 Å². The third-order valence-corrected chi connectivity index (χ3v) is 6.08. The van der Waals surface area contributed by atoms with Gasteiger partial charge in [-0.2, -0.15) is 0 Å². The van der Waals surface area contributed by atoms with Gasteiger partial charge in [0.15, 0.2) is 0 Å². The van der Waals surface area contributed by atoms with Crippen LogP contribution in [0.25, 0.3) is 0 Å². The van der Waals surface area contributed by atoms with Crippen molar-refractivity contribution < 1.29 is 8.42 Å². The van der Waals surface area contributed by atoms with Crippen molar-refractivity contribution in [2.24, 2.45) is 5.92 Å². The fraction of sp³-hybridized carbons (Fsp3) is 0.467. The number of hydrogen-bond donors (Lipinski definition) is 2. The van der Waals surface area contributed by atoms with Gasteiger partial charge in [0, 0.05) is 17.6 Å². The number of sulfonamides is 1. The topological polar surface area (TPSA) is 84.0 Å². The molecule has 0 spiro atoms. The van der Waals surface area contributed by atoms with Crippen molar-refractivity contribution in [3.05, 3.63) is 33.9 Å². The molecule has 2 aromatic heterocycles. The van der Waals surface area contributed by atoms with Gasteiger partial charge >= 0.3 is 0 Å². The summed E-state index contributed by atoms with van der Waals surface area (Å²) in [6.45, 7) is 5.12. The van der Waals surface area contributed by atoms with E-state index in [-0.39, 0.29) is 4.90 Å². The minimum Gasteiger partial charge on any atom is -0.364 e. The molecule has 0 aliphatic heterocycles. The predicted molar refractivity (Wildman–Crippen MR) is 91.1 cm³/mol. The Balaban J connectivity index is 1.61. The van der Waals surface area contributed by atoms with Crippen LogP contribution in [0.2, 0.25) is 0 Å². The van der Waals surface area contributed by atoms with Crippen molar-refractivity contribution in [2.75, 3.05) is 11.9 Å². The van der Waals surface area contributed by atoms with E-state index in [9.17, 15) is 8.42 Å². The van der Waals surface area contributed by atoms with Crippen LogP contribution in [0, 0.1) is 19.8 Å². The maximum Gasteiger partial charge on any atom is 0.242 e. The standard InChI is InChI=1S/C15H20N4O2S2/c1-10-14(19-11(2)22-10)9-17-15-6-5-13(8-16-15)23(20,21)18-7-12-3-4-12/h5-6,8,12,18H,3-4,7,9H2,1-2H3,(H,16,17). The molecular formula is C15H20N4O2S2. The lowest BCUT2D eigenvalue weighted by Crippen LogP contribution is -2.25. The Bertz CT molecular complexity index is 780. The van der Waals surface area contributed by atoms with Crippen LogP contribution in [0.3, 0.4) is 0 Å². The summed E-state index contributed by atoms with van der Waals surface area (Å²) < 4.78 is 26.9. The minimum absolute atomic E-state index is 0.199.